The fourth-order valence-electron chi connectivity index (χ4n) is 2.79. The van der Waals surface area contributed by atoms with Gasteiger partial charge in [-0.15, -0.1) is 5.10 Å². The lowest BCUT2D eigenvalue weighted by molar-refractivity contribution is -0.0400. The summed E-state index contributed by atoms with van der Waals surface area (Å²) in [5.74, 6) is 1.95. The van der Waals surface area contributed by atoms with Gasteiger partial charge >= 0.3 is 0 Å². The highest BCUT2D eigenvalue weighted by Gasteiger charge is 2.27. The molecule has 1 aliphatic rings. The molecule has 2 aromatic heterocycles. The summed E-state index contributed by atoms with van der Waals surface area (Å²) in [5.41, 5.74) is 1.03. The van der Waals surface area contributed by atoms with Crippen LogP contribution in [0.1, 0.15) is 43.2 Å². The molecular formula is C16H25N7O2. The van der Waals surface area contributed by atoms with Crippen LogP contribution in [0, 0.1) is 0 Å². The lowest BCUT2D eigenvalue weighted by Crippen LogP contribution is -2.39. The number of methoxy groups -OCH3 is 1. The Kier molecular flexibility index (Phi) is 6.00. The fraction of sp³-hybridized carbons (Fsp3) is 0.688. The van der Waals surface area contributed by atoms with Crippen molar-refractivity contribution in [2.45, 2.75) is 39.0 Å². The van der Waals surface area contributed by atoms with Crippen LogP contribution in [-0.2, 0) is 22.6 Å². The van der Waals surface area contributed by atoms with Crippen LogP contribution in [0.5, 0.6) is 0 Å². The van der Waals surface area contributed by atoms with E-state index in [0.717, 1.165) is 37.0 Å². The summed E-state index contributed by atoms with van der Waals surface area (Å²) in [5, 5.41) is 11.9. The maximum Gasteiger partial charge on any atom is 0.181 e. The van der Waals surface area contributed by atoms with Crippen LogP contribution in [-0.4, -0.2) is 68.5 Å². The van der Waals surface area contributed by atoms with Gasteiger partial charge in [-0.25, -0.2) is 14.6 Å². The SMILES string of the molecule is COCCn1nnnc1[C@H]1CN(Cc2ccnc(C(C)C)n2)CCO1. The topological polar surface area (TPSA) is 91.1 Å². The molecule has 0 unspecified atom stereocenters. The van der Waals surface area contributed by atoms with Gasteiger partial charge in [0.25, 0.3) is 0 Å². The Morgan fingerprint density at radius 1 is 1.40 bits per heavy atom. The Balaban J connectivity index is 1.65. The Bertz CT molecular complexity index is 676. The number of hydrogen-bond acceptors (Lipinski definition) is 8. The van der Waals surface area contributed by atoms with Crippen LogP contribution in [0.3, 0.4) is 0 Å². The summed E-state index contributed by atoms with van der Waals surface area (Å²) < 4.78 is 12.7. The number of aromatic nitrogens is 6. The highest BCUT2D eigenvalue weighted by atomic mass is 16.5. The van der Waals surface area contributed by atoms with Gasteiger partial charge in [0.05, 0.1) is 25.5 Å². The van der Waals surface area contributed by atoms with E-state index in [-0.39, 0.29) is 6.10 Å². The van der Waals surface area contributed by atoms with E-state index in [1.165, 1.54) is 0 Å². The molecule has 0 bridgehead atoms. The molecular weight excluding hydrogens is 322 g/mol. The first-order valence-electron chi connectivity index (χ1n) is 8.58. The van der Waals surface area contributed by atoms with Gasteiger partial charge < -0.3 is 9.47 Å². The van der Waals surface area contributed by atoms with Gasteiger partial charge in [0.1, 0.15) is 11.9 Å². The quantitative estimate of drug-likeness (QED) is 0.726. The number of nitrogens with zero attached hydrogens (tertiary/aromatic N) is 7. The molecule has 9 heteroatoms. The number of ether oxygens (including phenoxy) is 2. The first-order valence-corrected chi connectivity index (χ1v) is 8.58. The zero-order chi connectivity index (χ0) is 17.6. The lowest BCUT2D eigenvalue weighted by atomic mass is 10.2. The Hall–Kier alpha value is -1.97. The molecule has 1 atom stereocenters. The van der Waals surface area contributed by atoms with Gasteiger partial charge in [0, 0.05) is 38.9 Å². The van der Waals surface area contributed by atoms with E-state index < -0.39 is 0 Å². The van der Waals surface area contributed by atoms with Gasteiger partial charge in [-0.05, 0) is 16.5 Å². The van der Waals surface area contributed by atoms with Crippen LogP contribution in [0.15, 0.2) is 12.3 Å². The molecule has 136 valence electrons. The first kappa shape index (κ1) is 17.8. The molecule has 2 aromatic rings. The van der Waals surface area contributed by atoms with E-state index in [2.05, 4.69) is 44.2 Å². The lowest BCUT2D eigenvalue weighted by Gasteiger charge is -2.32. The minimum Gasteiger partial charge on any atom is -0.383 e. The Labute approximate surface area is 147 Å². The number of hydrogen-bond donors (Lipinski definition) is 0. The van der Waals surface area contributed by atoms with Gasteiger partial charge in [-0.3, -0.25) is 4.90 Å². The number of morpholine rings is 1. The third kappa shape index (κ3) is 4.56. The summed E-state index contributed by atoms with van der Waals surface area (Å²) >= 11 is 0. The highest BCUT2D eigenvalue weighted by molar-refractivity contribution is 5.05. The van der Waals surface area contributed by atoms with E-state index in [1.54, 1.807) is 11.8 Å². The molecule has 0 N–H and O–H groups in total. The van der Waals surface area contributed by atoms with E-state index in [9.17, 15) is 0 Å². The number of rotatable bonds is 7. The van der Waals surface area contributed by atoms with Crippen LogP contribution >= 0.6 is 0 Å². The van der Waals surface area contributed by atoms with Gasteiger partial charge in [0.2, 0.25) is 0 Å². The second-order valence-electron chi connectivity index (χ2n) is 6.41. The standard InChI is InChI=1S/C16H25N7O2/c1-12(2)15-17-5-4-13(18-15)10-22-6-9-25-14(11-22)16-19-20-21-23(16)7-8-24-3/h4-5,12,14H,6-11H2,1-3H3/t14-/m1/s1. The Morgan fingerprint density at radius 3 is 3.08 bits per heavy atom. The zero-order valence-corrected chi connectivity index (χ0v) is 15.0. The first-order chi connectivity index (χ1) is 12.2. The predicted molar refractivity (Wildman–Crippen MR) is 89.8 cm³/mol. The minimum atomic E-state index is -0.146. The maximum atomic E-state index is 5.89. The van der Waals surface area contributed by atoms with Crippen LogP contribution < -0.4 is 0 Å². The maximum absolute atomic E-state index is 5.89. The van der Waals surface area contributed by atoms with Crippen molar-refractivity contribution in [1.29, 1.82) is 0 Å². The van der Waals surface area contributed by atoms with E-state index in [1.807, 2.05) is 12.3 Å². The van der Waals surface area contributed by atoms with E-state index >= 15 is 0 Å². The molecule has 0 saturated carbocycles. The van der Waals surface area contributed by atoms with Crippen molar-refractivity contribution < 1.29 is 9.47 Å². The van der Waals surface area contributed by atoms with Crippen molar-refractivity contribution in [2.24, 2.45) is 0 Å². The third-order valence-corrected chi connectivity index (χ3v) is 4.14. The predicted octanol–water partition coefficient (Wildman–Crippen LogP) is 0.806. The summed E-state index contributed by atoms with van der Waals surface area (Å²) in [6.07, 6.45) is 1.69. The van der Waals surface area contributed by atoms with Crippen LogP contribution in [0.4, 0.5) is 0 Å². The second kappa shape index (κ2) is 8.41. The molecule has 0 amide bonds. The summed E-state index contributed by atoms with van der Waals surface area (Å²) in [6.45, 7) is 8.38. The molecule has 0 aromatic carbocycles. The fourth-order valence-corrected chi connectivity index (χ4v) is 2.79. The molecule has 3 rings (SSSR count). The zero-order valence-electron chi connectivity index (χ0n) is 15.0. The van der Waals surface area contributed by atoms with Crippen molar-refractivity contribution in [3.8, 4) is 0 Å². The molecule has 1 saturated heterocycles. The molecule has 1 fully saturated rings. The molecule has 0 spiro atoms. The highest BCUT2D eigenvalue weighted by Crippen LogP contribution is 2.21. The number of tetrazole rings is 1. The van der Waals surface area contributed by atoms with Crippen molar-refractivity contribution in [3.05, 3.63) is 29.6 Å². The molecule has 3 heterocycles. The van der Waals surface area contributed by atoms with E-state index in [0.29, 0.717) is 25.7 Å². The van der Waals surface area contributed by atoms with Crippen molar-refractivity contribution >= 4 is 0 Å². The largest absolute Gasteiger partial charge is 0.383 e. The average molecular weight is 347 g/mol. The third-order valence-electron chi connectivity index (χ3n) is 4.14. The molecule has 0 radical (unpaired) electrons. The van der Waals surface area contributed by atoms with Gasteiger partial charge in [-0.1, -0.05) is 13.8 Å². The van der Waals surface area contributed by atoms with Gasteiger partial charge in [-0.2, -0.15) is 0 Å². The summed E-state index contributed by atoms with van der Waals surface area (Å²) in [4.78, 5) is 11.3. The molecule has 25 heavy (non-hydrogen) atoms. The van der Waals surface area contributed by atoms with Crippen molar-refractivity contribution in [2.75, 3.05) is 33.4 Å². The van der Waals surface area contributed by atoms with Crippen molar-refractivity contribution in [3.63, 3.8) is 0 Å². The average Bonchev–Trinajstić information content (AvgIpc) is 3.09. The van der Waals surface area contributed by atoms with Crippen LogP contribution in [0.2, 0.25) is 0 Å². The summed E-state index contributed by atoms with van der Waals surface area (Å²) in [7, 11) is 1.66. The van der Waals surface area contributed by atoms with E-state index in [4.69, 9.17) is 9.47 Å². The minimum absolute atomic E-state index is 0.146. The van der Waals surface area contributed by atoms with Gasteiger partial charge in [0.15, 0.2) is 5.82 Å². The summed E-state index contributed by atoms with van der Waals surface area (Å²) in [6, 6.07) is 1.97. The monoisotopic (exact) mass is 347 g/mol. The molecule has 9 nitrogen and oxygen atoms in total. The molecule has 0 aliphatic carbocycles. The smallest absolute Gasteiger partial charge is 0.181 e. The second-order valence-corrected chi connectivity index (χ2v) is 6.41. The Morgan fingerprint density at radius 2 is 2.28 bits per heavy atom. The van der Waals surface area contributed by atoms with Crippen molar-refractivity contribution in [1.82, 2.24) is 35.1 Å². The normalized spacial score (nSPS) is 18.8. The van der Waals surface area contributed by atoms with Crippen LogP contribution in [0.25, 0.3) is 0 Å². The molecule has 1 aliphatic heterocycles.